The molecule has 0 radical (unpaired) electrons. The van der Waals surface area contributed by atoms with Crippen molar-refractivity contribution in [1.82, 2.24) is 0 Å². The van der Waals surface area contributed by atoms with E-state index in [0.29, 0.717) is 23.7 Å². The Hall–Kier alpha value is -1.00. The van der Waals surface area contributed by atoms with Crippen LogP contribution in [0.2, 0.25) is 0 Å². The smallest absolute Gasteiger partial charge is 0.186 e. The van der Waals surface area contributed by atoms with Gasteiger partial charge in [0.15, 0.2) is 18.9 Å². The number of allylic oxidation sites excluding steroid dienone is 3. The third-order valence-electron chi connectivity index (χ3n) is 16.5. The Morgan fingerprint density at radius 3 is 2.18 bits per heavy atom. The van der Waals surface area contributed by atoms with Crippen LogP contribution in [0.1, 0.15) is 107 Å². The van der Waals surface area contributed by atoms with E-state index >= 15 is 0 Å². The summed E-state index contributed by atoms with van der Waals surface area (Å²) in [5.74, 6) is 1.68. The molecule has 3 aliphatic heterocycles. The lowest BCUT2D eigenvalue weighted by Gasteiger charge is -2.65. The molecule has 3 saturated carbocycles. The van der Waals surface area contributed by atoms with Crippen LogP contribution in [-0.4, -0.2) is 124 Å². The minimum absolute atomic E-state index is 0.0597. The fraction of sp³-hybridized carbons (Fsp3) is 0.907. The molecule has 3 heterocycles. The van der Waals surface area contributed by atoms with E-state index in [9.17, 15) is 30.6 Å². The third kappa shape index (κ3) is 6.84. The monoisotopic (exact) mass is 778 g/mol. The van der Waals surface area contributed by atoms with Crippen LogP contribution in [0.5, 0.6) is 0 Å². The molecule has 7 aliphatic rings. The average Bonchev–Trinajstić information content (AvgIpc) is 3.65. The molecule has 3 saturated heterocycles. The van der Waals surface area contributed by atoms with E-state index in [2.05, 4.69) is 60.6 Å². The molecule has 20 atom stereocenters. The molecule has 0 unspecified atom stereocenters. The first-order valence-corrected chi connectivity index (χ1v) is 21.0. The molecular weight excluding hydrogens is 708 g/mol. The largest absolute Gasteiger partial charge is 0.388 e. The van der Waals surface area contributed by atoms with Crippen LogP contribution in [0.15, 0.2) is 23.3 Å². The summed E-state index contributed by atoms with van der Waals surface area (Å²) in [6.45, 7) is 17.6. The van der Waals surface area contributed by atoms with Crippen LogP contribution in [0.25, 0.3) is 0 Å². The molecule has 0 spiro atoms. The molecule has 0 aromatic carbocycles. The van der Waals surface area contributed by atoms with Gasteiger partial charge in [-0.1, -0.05) is 57.9 Å². The first-order valence-electron chi connectivity index (χ1n) is 21.0. The summed E-state index contributed by atoms with van der Waals surface area (Å²) >= 11 is 0. The molecule has 12 heteroatoms. The van der Waals surface area contributed by atoms with Crippen molar-refractivity contribution in [3.05, 3.63) is 23.3 Å². The van der Waals surface area contributed by atoms with Crippen molar-refractivity contribution in [2.45, 2.75) is 187 Å². The number of ether oxygens (including phenoxy) is 6. The van der Waals surface area contributed by atoms with Gasteiger partial charge in [-0.15, -0.1) is 0 Å². The molecule has 4 aliphatic carbocycles. The molecular formula is C43H70O12. The second-order valence-electron chi connectivity index (χ2n) is 19.9. The quantitative estimate of drug-likeness (QED) is 0.196. The highest BCUT2D eigenvalue weighted by atomic mass is 16.7. The van der Waals surface area contributed by atoms with Gasteiger partial charge >= 0.3 is 0 Å². The molecule has 0 bridgehead atoms. The number of aliphatic hydroxyl groups excluding tert-OH is 6. The van der Waals surface area contributed by atoms with Gasteiger partial charge in [0.1, 0.15) is 42.7 Å². The number of hydrogen-bond acceptors (Lipinski definition) is 12. The van der Waals surface area contributed by atoms with Crippen LogP contribution >= 0.6 is 0 Å². The first kappa shape index (κ1) is 42.1. The van der Waals surface area contributed by atoms with Gasteiger partial charge in [-0.05, 0) is 112 Å². The van der Waals surface area contributed by atoms with Crippen molar-refractivity contribution in [3.63, 3.8) is 0 Å². The Kier molecular flexibility index (Phi) is 11.7. The van der Waals surface area contributed by atoms with Gasteiger partial charge in [0.2, 0.25) is 0 Å². The number of fused-ring (bicyclic) bond motifs is 5. The molecule has 7 rings (SSSR count). The lowest BCUT2D eigenvalue weighted by molar-refractivity contribution is -0.342. The lowest BCUT2D eigenvalue weighted by Crippen LogP contribution is -2.63. The van der Waals surface area contributed by atoms with Crippen molar-refractivity contribution in [1.29, 1.82) is 0 Å². The van der Waals surface area contributed by atoms with Crippen molar-refractivity contribution in [2.75, 3.05) is 13.7 Å². The molecule has 6 N–H and O–H groups in total. The highest BCUT2D eigenvalue weighted by Gasteiger charge is 2.67. The standard InChI is InChI=1S/C43H70O12/c1-21(2)18-23-19-24(37(50-9)53-23)25-12-16-43(8)27-10-11-29-40(4,5)30(14-15-41(29,6)26(27)13-17-42(25,43)7)55-39-36(49)34(47)32(45)28(54-39)20-51-38-35(48)33(46)31(44)22(3)52-38/h10,18,22-26,28-39,44-49H,11-17,19-20H2,1-9H3/t22-,23+,24-,25-,26-,28+,29-,30-,31-,32+,33+,34-,35+,36+,37-,38+,39-,41+,42-,43+/m0/s1. The second-order valence-corrected chi connectivity index (χ2v) is 19.9. The van der Waals surface area contributed by atoms with E-state index in [1.54, 1.807) is 19.6 Å². The van der Waals surface area contributed by atoms with Crippen molar-refractivity contribution in [2.24, 2.45) is 45.3 Å². The molecule has 314 valence electrons. The van der Waals surface area contributed by atoms with E-state index < -0.39 is 61.4 Å². The number of rotatable bonds is 8. The summed E-state index contributed by atoms with van der Waals surface area (Å²) in [6.07, 6.45) is -0.450. The predicted octanol–water partition coefficient (Wildman–Crippen LogP) is 3.97. The zero-order valence-corrected chi connectivity index (χ0v) is 34.5. The second kappa shape index (κ2) is 15.2. The van der Waals surface area contributed by atoms with Gasteiger partial charge in [-0.25, -0.2) is 0 Å². The van der Waals surface area contributed by atoms with Crippen LogP contribution in [-0.2, 0) is 28.4 Å². The zero-order chi connectivity index (χ0) is 40.0. The van der Waals surface area contributed by atoms with Gasteiger partial charge in [-0.3, -0.25) is 0 Å². The zero-order valence-electron chi connectivity index (χ0n) is 34.5. The van der Waals surface area contributed by atoms with Gasteiger partial charge in [0, 0.05) is 13.0 Å². The van der Waals surface area contributed by atoms with E-state index in [-0.39, 0.29) is 46.8 Å². The SMILES string of the molecule is CO[C@H]1O[C@H](C=C(C)C)C[C@H]1[C@@H]1CC[C@]2(C)C3=CC[C@H]4C(C)(C)[C@@H](O[C@@H]5O[C@H](CO[C@@H]6O[C@@H](C)[C@H](O)[C@@H](O)[C@H]6O)[C@@H](O)[C@H](O)[C@H]5O)CC[C@]4(C)[C@H]3CC[C@@]12C. The van der Waals surface area contributed by atoms with Gasteiger partial charge in [0.05, 0.1) is 24.9 Å². The maximum absolute atomic E-state index is 11.1. The van der Waals surface area contributed by atoms with Crippen molar-refractivity contribution >= 4 is 0 Å². The Balaban J connectivity index is 1.05. The maximum atomic E-state index is 11.1. The van der Waals surface area contributed by atoms with Crippen LogP contribution in [0.3, 0.4) is 0 Å². The topological polar surface area (TPSA) is 177 Å². The van der Waals surface area contributed by atoms with Gasteiger partial charge in [-0.2, -0.15) is 0 Å². The van der Waals surface area contributed by atoms with Crippen LogP contribution < -0.4 is 0 Å². The lowest BCUT2D eigenvalue weighted by atomic mass is 9.41. The Morgan fingerprint density at radius 2 is 1.49 bits per heavy atom. The number of aliphatic hydroxyl groups is 6. The summed E-state index contributed by atoms with van der Waals surface area (Å²) in [7, 11) is 1.79. The molecule has 12 nitrogen and oxygen atoms in total. The summed E-state index contributed by atoms with van der Waals surface area (Å²) in [5.41, 5.74) is 2.94. The molecule has 6 fully saturated rings. The van der Waals surface area contributed by atoms with E-state index in [4.69, 9.17) is 28.4 Å². The van der Waals surface area contributed by atoms with Crippen molar-refractivity contribution in [3.8, 4) is 0 Å². The summed E-state index contributed by atoms with van der Waals surface area (Å²) in [6, 6.07) is 0. The highest BCUT2D eigenvalue weighted by molar-refractivity contribution is 5.33. The number of hydrogen-bond donors (Lipinski definition) is 6. The van der Waals surface area contributed by atoms with E-state index in [1.165, 1.54) is 24.8 Å². The summed E-state index contributed by atoms with van der Waals surface area (Å²) in [4.78, 5) is 0. The number of methoxy groups -OCH3 is 1. The Labute approximate surface area is 327 Å². The summed E-state index contributed by atoms with van der Waals surface area (Å²) in [5, 5.41) is 63.5. The van der Waals surface area contributed by atoms with Crippen molar-refractivity contribution < 1.29 is 59.1 Å². The third-order valence-corrected chi connectivity index (χ3v) is 16.5. The minimum Gasteiger partial charge on any atom is -0.388 e. The predicted molar refractivity (Wildman–Crippen MR) is 202 cm³/mol. The van der Waals surface area contributed by atoms with E-state index in [0.717, 1.165) is 32.1 Å². The first-order chi connectivity index (χ1) is 25.8. The molecule has 0 aromatic heterocycles. The van der Waals surface area contributed by atoms with E-state index in [1.807, 2.05) is 0 Å². The molecule has 55 heavy (non-hydrogen) atoms. The fourth-order valence-corrected chi connectivity index (χ4v) is 13.1. The van der Waals surface area contributed by atoms with Crippen LogP contribution in [0, 0.1) is 45.3 Å². The van der Waals surface area contributed by atoms with Gasteiger partial charge in [0.25, 0.3) is 0 Å². The average molecular weight is 779 g/mol. The molecule has 0 amide bonds. The Morgan fingerprint density at radius 1 is 0.800 bits per heavy atom. The van der Waals surface area contributed by atoms with Gasteiger partial charge < -0.3 is 59.1 Å². The van der Waals surface area contributed by atoms with Crippen LogP contribution in [0.4, 0.5) is 0 Å². The highest BCUT2D eigenvalue weighted by Crippen LogP contribution is 2.74. The summed E-state index contributed by atoms with van der Waals surface area (Å²) < 4.78 is 36.4. The fourth-order valence-electron chi connectivity index (χ4n) is 13.1. The maximum Gasteiger partial charge on any atom is 0.186 e. The normalized spacial score (nSPS) is 53.5. The Bertz CT molecular complexity index is 1450. The molecule has 0 aromatic rings. The minimum atomic E-state index is -1.56.